The first-order valence-electron chi connectivity index (χ1n) is 5.25. The molecule has 0 saturated heterocycles. The number of nitrogen functional groups attached to an aromatic ring is 1. The number of hydrogen-bond donors (Lipinski definition) is 2. The van der Waals surface area contributed by atoms with Gasteiger partial charge in [-0.15, -0.1) is 0 Å². The monoisotopic (exact) mass is 262 g/mol. The van der Waals surface area contributed by atoms with Gasteiger partial charge in [-0.1, -0.05) is 11.6 Å². The number of hydrogen-bond acceptors (Lipinski definition) is 4. The number of rotatable bonds is 3. The smallest absolute Gasteiger partial charge is 0.253 e. The second kappa shape index (κ2) is 5.46. The van der Waals surface area contributed by atoms with E-state index in [2.05, 4.69) is 15.3 Å². The average Bonchev–Trinajstić information content (AvgIpc) is 2.40. The van der Waals surface area contributed by atoms with Crippen molar-refractivity contribution < 1.29 is 4.79 Å². The van der Waals surface area contributed by atoms with Crippen LogP contribution in [0.15, 0.2) is 36.8 Å². The molecule has 2 heterocycles. The Hall–Kier alpha value is -2.14. The summed E-state index contributed by atoms with van der Waals surface area (Å²) in [4.78, 5) is 19.6. The summed E-state index contributed by atoms with van der Waals surface area (Å²) in [6.45, 7) is 0.403. The summed E-state index contributed by atoms with van der Waals surface area (Å²) in [6, 6.07) is 5.09. The predicted octanol–water partition coefficient (Wildman–Crippen LogP) is 1.64. The van der Waals surface area contributed by atoms with E-state index in [0.717, 1.165) is 5.56 Å². The van der Waals surface area contributed by atoms with Crippen LogP contribution in [-0.2, 0) is 6.54 Å². The number of nitrogens with two attached hydrogens (primary N) is 1. The van der Waals surface area contributed by atoms with E-state index in [1.165, 1.54) is 12.3 Å². The van der Waals surface area contributed by atoms with Crippen molar-refractivity contribution in [3.8, 4) is 0 Å². The van der Waals surface area contributed by atoms with Gasteiger partial charge in [0.2, 0.25) is 0 Å². The van der Waals surface area contributed by atoms with Crippen LogP contribution in [0.25, 0.3) is 0 Å². The highest BCUT2D eigenvalue weighted by atomic mass is 35.5. The molecule has 0 saturated carbocycles. The SMILES string of the molecule is Nc1cc(C(=O)NCc2ccncc2)c(Cl)cn1. The first kappa shape index (κ1) is 12.3. The molecule has 2 aromatic heterocycles. The van der Waals surface area contributed by atoms with Gasteiger partial charge in [0.15, 0.2) is 0 Å². The Kier molecular flexibility index (Phi) is 3.74. The minimum Gasteiger partial charge on any atom is -0.384 e. The second-order valence-electron chi connectivity index (χ2n) is 3.63. The molecule has 1 amide bonds. The normalized spacial score (nSPS) is 10.1. The van der Waals surface area contributed by atoms with E-state index >= 15 is 0 Å². The zero-order valence-electron chi connectivity index (χ0n) is 9.43. The summed E-state index contributed by atoms with van der Waals surface area (Å²) < 4.78 is 0. The minimum atomic E-state index is -0.286. The fourth-order valence-corrected chi connectivity index (χ4v) is 1.60. The van der Waals surface area contributed by atoms with Crippen molar-refractivity contribution in [2.45, 2.75) is 6.54 Å². The summed E-state index contributed by atoms with van der Waals surface area (Å²) in [6.07, 6.45) is 4.69. The standard InChI is InChI=1S/C12H11ClN4O/c13-10-7-16-11(14)5-9(10)12(18)17-6-8-1-3-15-4-2-8/h1-5,7H,6H2,(H2,14,16)(H,17,18). The van der Waals surface area contributed by atoms with E-state index in [1.807, 2.05) is 12.1 Å². The molecule has 6 heteroatoms. The van der Waals surface area contributed by atoms with E-state index in [9.17, 15) is 4.79 Å². The zero-order valence-corrected chi connectivity index (χ0v) is 10.2. The Morgan fingerprint density at radius 3 is 2.83 bits per heavy atom. The van der Waals surface area contributed by atoms with Gasteiger partial charge in [0.25, 0.3) is 5.91 Å². The van der Waals surface area contributed by atoms with Crippen molar-refractivity contribution in [3.63, 3.8) is 0 Å². The summed E-state index contributed by atoms with van der Waals surface area (Å²) in [5, 5.41) is 3.02. The van der Waals surface area contributed by atoms with Gasteiger partial charge in [0, 0.05) is 25.1 Å². The van der Waals surface area contributed by atoms with Crippen LogP contribution in [0.5, 0.6) is 0 Å². The van der Waals surface area contributed by atoms with Crippen molar-refractivity contribution in [2.24, 2.45) is 0 Å². The lowest BCUT2D eigenvalue weighted by Crippen LogP contribution is -2.23. The van der Waals surface area contributed by atoms with E-state index in [1.54, 1.807) is 12.4 Å². The number of aromatic nitrogens is 2. The van der Waals surface area contributed by atoms with Crippen LogP contribution in [0, 0.1) is 0 Å². The second-order valence-corrected chi connectivity index (χ2v) is 4.03. The summed E-state index contributed by atoms with van der Waals surface area (Å²) in [5.41, 5.74) is 6.79. The van der Waals surface area contributed by atoms with E-state index in [4.69, 9.17) is 17.3 Å². The van der Waals surface area contributed by atoms with Crippen molar-refractivity contribution in [2.75, 3.05) is 5.73 Å². The Labute approximate surface area is 109 Å². The van der Waals surface area contributed by atoms with Crippen LogP contribution in [0.4, 0.5) is 5.82 Å². The van der Waals surface area contributed by atoms with Crippen molar-refractivity contribution in [3.05, 3.63) is 52.9 Å². The molecule has 0 spiro atoms. The quantitative estimate of drug-likeness (QED) is 0.881. The highest BCUT2D eigenvalue weighted by molar-refractivity contribution is 6.33. The molecule has 2 aromatic rings. The number of nitrogens with one attached hydrogen (secondary N) is 1. The van der Waals surface area contributed by atoms with Gasteiger partial charge < -0.3 is 11.1 Å². The Balaban J connectivity index is 2.06. The van der Waals surface area contributed by atoms with Crippen molar-refractivity contribution in [1.82, 2.24) is 15.3 Å². The third-order valence-corrected chi connectivity index (χ3v) is 2.62. The molecule has 2 rings (SSSR count). The first-order valence-corrected chi connectivity index (χ1v) is 5.63. The third kappa shape index (κ3) is 2.95. The molecular weight excluding hydrogens is 252 g/mol. The first-order chi connectivity index (χ1) is 8.66. The molecule has 0 aliphatic carbocycles. The number of nitrogens with zero attached hydrogens (tertiary/aromatic N) is 2. The predicted molar refractivity (Wildman–Crippen MR) is 69.1 cm³/mol. The Morgan fingerprint density at radius 1 is 1.39 bits per heavy atom. The number of pyridine rings is 2. The molecule has 0 fully saturated rings. The largest absolute Gasteiger partial charge is 0.384 e. The molecule has 0 aliphatic heterocycles. The van der Waals surface area contributed by atoms with Gasteiger partial charge in [-0.25, -0.2) is 4.98 Å². The van der Waals surface area contributed by atoms with E-state index in [-0.39, 0.29) is 16.7 Å². The molecule has 92 valence electrons. The lowest BCUT2D eigenvalue weighted by Gasteiger charge is -2.07. The fourth-order valence-electron chi connectivity index (χ4n) is 1.41. The lowest BCUT2D eigenvalue weighted by molar-refractivity contribution is 0.0951. The van der Waals surface area contributed by atoms with Gasteiger partial charge in [-0.05, 0) is 23.8 Å². The molecule has 0 radical (unpaired) electrons. The van der Waals surface area contributed by atoms with Crippen LogP contribution in [0.3, 0.4) is 0 Å². The highest BCUT2D eigenvalue weighted by Crippen LogP contribution is 2.16. The Bertz CT molecular complexity index is 559. The maximum Gasteiger partial charge on any atom is 0.253 e. The molecule has 18 heavy (non-hydrogen) atoms. The average molecular weight is 263 g/mol. The number of halogens is 1. The van der Waals surface area contributed by atoms with Gasteiger partial charge >= 0.3 is 0 Å². The number of amides is 1. The van der Waals surface area contributed by atoms with Gasteiger partial charge in [0.05, 0.1) is 10.6 Å². The van der Waals surface area contributed by atoms with Crippen LogP contribution >= 0.6 is 11.6 Å². The maximum absolute atomic E-state index is 11.9. The van der Waals surface area contributed by atoms with Crippen LogP contribution in [0.2, 0.25) is 5.02 Å². The van der Waals surface area contributed by atoms with E-state index in [0.29, 0.717) is 12.1 Å². The maximum atomic E-state index is 11.9. The van der Waals surface area contributed by atoms with Crippen LogP contribution in [-0.4, -0.2) is 15.9 Å². The van der Waals surface area contributed by atoms with Gasteiger partial charge in [0.1, 0.15) is 5.82 Å². The number of carbonyl (C=O) groups is 1. The Morgan fingerprint density at radius 2 is 2.11 bits per heavy atom. The molecule has 3 N–H and O–H groups in total. The molecular formula is C12H11ClN4O. The topological polar surface area (TPSA) is 80.9 Å². The minimum absolute atomic E-state index is 0.258. The van der Waals surface area contributed by atoms with Crippen LogP contribution in [0.1, 0.15) is 15.9 Å². The number of carbonyl (C=O) groups excluding carboxylic acids is 1. The fraction of sp³-hybridized carbons (Fsp3) is 0.0833. The summed E-state index contributed by atoms with van der Waals surface area (Å²) in [5.74, 6) is -0.0284. The molecule has 0 aliphatic rings. The molecule has 0 bridgehead atoms. The highest BCUT2D eigenvalue weighted by Gasteiger charge is 2.10. The molecule has 0 unspecified atom stereocenters. The van der Waals surface area contributed by atoms with E-state index < -0.39 is 0 Å². The van der Waals surface area contributed by atoms with Gasteiger partial charge in [-0.3, -0.25) is 9.78 Å². The lowest BCUT2D eigenvalue weighted by atomic mass is 10.2. The summed E-state index contributed by atoms with van der Waals surface area (Å²) in [7, 11) is 0. The molecule has 0 atom stereocenters. The zero-order chi connectivity index (χ0) is 13.0. The van der Waals surface area contributed by atoms with Crippen LogP contribution < -0.4 is 11.1 Å². The third-order valence-electron chi connectivity index (χ3n) is 2.32. The van der Waals surface area contributed by atoms with Crippen molar-refractivity contribution >= 4 is 23.3 Å². The number of anilines is 1. The summed E-state index contributed by atoms with van der Waals surface area (Å²) >= 11 is 5.88. The van der Waals surface area contributed by atoms with Gasteiger partial charge in [-0.2, -0.15) is 0 Å². The van der Waals surface area contributed by atoms with Crippen molar-refractivity contribution in [1.29, 1.82) is 0 Å². The molecule has 5 nitrogen and oxygen atoms in total. The molecule has 0 aromatic carbocycles.